The molecule has 0 amide bonds. The summed E-state index contributed by atoms with van der Waals surface area (Å²) < 4.78 is 42.7. The second kappa shape index (κ2) is 6.65. The van der Waals surface area contributed by atoms with Crippen molar-refractivity contribution in [3.05, 3.63) is 35.6 Å². The van der Waals surface area contributed by atoms with E-state index in [1.165, 1.54) is 12.1 Å². The van der Waals surface area contributed by atoms with Gasteiger partial charge in [0.1, 0.15) is 5.82 Å². The number of benzene rings is 1. The van der Waals surface area contributed by atoms with Gasteiger partial charge in [0.15, 0.2) is 0 Å². The fraction of sp³-hybridized carbons (Fsp3) is 0.571. The summed E-state index contributed by atoms with van der Waals surface area (Å²) in [5.74, 6) is -0.623. The third-order valence-corrected chi connectivity index (χ3v) is 4.20. The van der Waals surface area contributed by atoms with E-state index in [2.05, 4.69) is 0 Å². The lowest BCUT2D eigenvalue weighted by molar-refractivity contribution is 0.0414. The van der Waals surface area contributed by atoms with Gasteiger partial charge >= 0.3 is 0 Å². The number of aliphatic hydroxyl groups is 1. The zero-order chi connectivity index (χ0) is 15.4. The molecule has 1 aromatic rings. The van der Waals surface area contributed by atoms with Gasteiger partial charge in [0.05, 0.1) is 11.9 Å². The first-order chi connectivity index (χ1) is 9.12. The molecule has 0 spiro atoms. The Balaban J connectivity index is 2.56. The first-order valence-corrected chi connectivity index (χ1v) is 8.11. The molecule has 0 radical (unpaired) electrons. The van der Waals surface area contributed by atoms with E-state index in [4.69, 9.17) is 4.55 Å². The maximum Gasteiger partial charge on any atom is 0.264 e. The van der Waals surface area contributed by atoms with Crippen LogP contribution in [0.3, 0.4) is 0 Å². The van der Waals surface area contributed by atoms with Gasteiger partial charge in [-0.2, -0.15) is 8.42 Å². The van der Waals surface area contributed by atoms with Gasteiger partial charge in [-0.05, 0) is 36.0 Å². The van der Waals surface area contributed by atoms with Crippen LogP contribution < -0.4 is 0 Å². The van der Waals surface area contributed by atoms with Gasteiger partial charge in [-0.1, -0.05) is 32.4 Å². The zero-order valence-corrected chi connectivity index (χ0v) is 12.5. The first kappa shape index (κ1) is 17.1. The van der Waals surface area contributed by atoms with Gasteiger partial charge < -0.3 is 5.11 Å². The Labute approximate surface area is 119 Å². The van der Waals surface area contributed by atoms with E-state index in [0.29, 0.717) is 24.8 Å². The molecule has 0 aliphatic heterocycles. The summed E-state index contributed by atoms with van der Waals surface area (Å²) >= 11 is 0. The summed E-state index contributed by atoms with van der Waals surface area (Å²) in [4.78, 5) is 0. The first-order valence-electron chi connectivity index (χ1n) is 6.50. The van der Waals surface area contributed by atoms with Crippen molar-refractivity contribution in [1.82, 2.24) is 0 Å². The number of hydrogen-bond acceptors (Lipinski definition) is 3. The van der Waals surface area contributed by atoms with Gasteiger partial charge in [0, 0.05) is 0 Å². The van der Waals surface area contributed by atoms with Gasteiger partial charge in [0.25, 0.3) is 10.1 Å². The van der Waals surface area contributed by atoms with Crippen LogP contribution in [0.5, 0.6) is 0 Å². The summed E-state index contributed by atoms with van der Waals surface area (Å²) in [7, 11) is -3.92. The third kappa shape index (κ3) is 5.56. The summed E-state index contributed by atoms with van der Waals surface area (Å²) in [6, 6.07) is 5.68. The minimum atomic E-state index is -3.92. The highest BCUT2D eigenvalue weighted by atomic mass is 32.2. The standard InChI is InChI=1S/C14H21FO4S/c1-14(2,9-3-4-10-20(17,18)19)13(16)11-5-7-12(15)8-6-11/h5-8,13,16H,3-4,9-10H2,1-2H3,(H,17,18,19). The van der Waals surface area contributed by atoms with Crippen LogP contribution in [0, 0.1) is 11.2 Å². The van der Waals surface area contributed by atoms with Crippen LogP contribution in [0.1, 0.15) is 44.8 Å². The second-order valence-corrected chi connectivity index (χ2v) is 7.26. The summed E-state index contributed by atoms with van der Waals surface area (Å²) in [6.07, 6.45) is 0.763. The molecule has 0 saturated heterocycles. The predicted molar refractivity (Wildman–Crippen MR) is 75.4 cm³/mol. The third-order valence-electron chi connectivity index (χ3n) is 3.40. The molecule has 1 rings (SSSR count). The zero-order valence-electron chi connectivity index (χ0n) is 11.7. The molecule has 1 unspecified atom stereocenters. The Hall–Kier alpha value is -0.980. The van der Waals surface area contributed by atoms with Crippen molar-refractivity contribution < 1.29 is 22.5 Å². The fourth-order valence-corrected chi connectivity index (χ4v) is 2.67. The molecule has 114 valence electrons. The van der Waals surface area contributed by atoms with E-state index in [1.807, 2.05) is 13.8 Å². The van der Waals surface area contributed by atoms with Crippen molar-refractivity contribution in [2.45, 2.75) is 39.2 Å². The van der Waals surface area contributed by atoms with Gasteiger partial charge in [0.2, 0.25) is 0 Å². The molecule has 0 bridgehead atoms. The smallest absolute Gasteiger partial charge is 0.264 e. The SMILES string of the molecule is CC(C)(CCCCS(=O)(=O)O)C(O)c1ccc(F)cc1. The van der Waals surface area contributed by atoms with E-state index in [1.54, 1.807) is 12.1 Å². The molecule has 0 fully saturated rings. The predicted octanol–water partition coefficient (Wildman–Crippen LogP) is 2.94. The second-order valence-electron chi connectivity index (χ2n) is 5.69. The Morgan fingerprint density at radius 2 is 1.75 bits per heavy atom. The van der Waals surface area contributed by atoms with Crippen LogP contribution in [0.4, 0.5) is 4.39 Å². The van der Waals surface area contributed by atoms with E-state index in [9.17, 15) is 17.9 Å². The molecule has 1 atom stereocenters. The number of rotatable bonds is 7. The normalized spacial score (nSPS) is 14.2. The Bertz CT molecular complexity index is 523. The maximum absolute atomic E-state index is 12.8. The highest BCUT2D eigenvalue weighted by Gasteiger charge is 2.28. The lowest BCUT2D eigenvalue weighted by Gasteiger charge is -2.31. The number of unbranched alkanes of at least 4 members (excludes halogenated alkanes) is 1. The number of aliphatic hydroxyl groups excluding tert-OH is 1. The molecule has 4 nitrogen and oxygen atoms in total. The molecule has 20 heavy (non-hydrogen) atoms. The molecule has 0 saturated carbocycles. The van der Waals surface area contributed by atoms with Crippen molar-refractivity contribution >= 4 is 10.1 Å². The van der Waals surface area contributed by atoms with Crippen molar-refractivity contribution in [3.8, 4) is 0 Å². The molecule has 0 aliphatic carbocycles. The Morgan fingerprint density at radius 3 is 2.25 bits per heavy atom. The van der Waals surface area contributed by atoms with Crippen molar-refractivity contribution in [2.75, 3.05) is 5.75 Å². The average molecular weight is 304 g/mol. The molecule has 6 heteroatoms. The van der Waals surface area contributed by atoms with Crippen LogP contribution in [0.15, 0.2) is 24.3 Å². The summed E-state index contributed by atoms with van der Waals surface area (Å²) in [5.41, 5.74) is 0.169. The van der Waals surface area contributed by atoms with E-state index >= 15 is 0 Å². The summed E-state index contributed by atoms with van der Waals surface area (Å²) in [6.45, 7) is 3.74. The van der Waals surface area contributed by atoms with Gasteiger partial charge in [-0.15, -0.1) is 0 Å². The maximum atomic E-state index is 12.8. The Kier molecular flexibility index (Phi) is 5.68. The molecular formula is C14H21FO4S. The minimum absolute atomic E-state index is 0.268. The lowest BCUT2D eigenvalue weighted by atomic mass is 9.78. The molecule has 0 heterocycles. The molecule has 0 aliphatic rings. The van der Waals surface area contributed by atoms with Crippen LogP contribution in [0.25, 0.3) is 0 Å². The Morgan fingerprint density at radius 1 is 1.20 bits per heavy atom. The van der Waals surface area contributed by atoms with Gasteiger partial charge in [-0.3, -0.25) is 4.55 Å². The van der Waals surface area contributed by atoms with Crippen LogP contribution in [0.2, 0.25) is 0 Å². The number of hydrogen-bond donors (Lipinski definition) is 2. The van der Waals surface area contributed by atoms with Crippen LogP contribution >= 0.6 is 0 Å². The van der Waals surface area contributed by atoms with E-state index in [0.717, 1.165) is 0 Å². The monoisotopic (exact) mass is 304 g/mol. The molecule has 2 N–H and O–H groups in total. The number of halogens is 1. The fourth-order valence-electron chi connectivity index (χ4n) is 2.10. The topological polar surface area (TPSA) is 74.6 Å². The lowest BCUT2D eigenvalue weighted by Crippen LogP contribution is -2.22. The largest absolute Gasteiger partial charge is 0.388 e. The van der Waals surface area contributed by atoms with Gasteiger partial charge in [-0.25, -0.2) is 4.39 Å². The van der Waals surface area contributed by atoms with Crippen LogP contribution in [-0.2, 0) is 10.1 Å². The van der Waals surface area contributed by atoms with Crippen LogP contribution in [-0.4, -0.2) is 23.8 Å². The van der Waals surface area contributed by atoms with Crippen molar-refractivity contribution in [2.24, 2.45) is 5.41 Å². The average Bonchev–Trinajstić information content (AvgIpc) is 2.34. The molecule has 1 aromatic carbocycles. The molecular weight excluding hydrogens is 283 g/mol. The van der Waals surface area contributed by atoms with E-state index in [-0.39, 0.29) is 11.6 Å². The minimum Gasteiger partial charge on any atom is -0.388 e. The van der Waals surface area contributed by atoms with Crippen molar-refractivity contribution in [1.29, 1.82) is 0 Å². The highest BCUT2D eigenvalue weighted by molar-refractivity contribution is 7.85. The summed E-state index contributed by atoms with van der Waals surface area (Å²) in [5, 5.41) is 10.3. The molecule has 0 aromatic heterocycles. The van der Waals surface area contributed by atoms with E-state index < -0.39 is 21.6 Å². The highest BCUT2D eigenvalue weighted by Crippen LogP contribution is 2.37. The quantitative estimate of drug-likeness (QED) is 0.600. The van der Waals surface area contributed by atoms with Crippen molar-refractivity contribution in [3.63, 3.8) is 0 Å².